The molecule has 2 heterocycles. The van der Waals surface area contributed by atoms with Crippen LogP contribution in [0.5, 0.6) is 0 Å². The standard InChI is InChI=1S/C18H20FN3O.2C2H6.C2H2/c1-20-18-14(8-9-19)12-15(21-18)11-13-4-6-16(7-5-13)22-10-2-3-17(22)23;3*1-2/h4-8,12H,2-3,9-11H2,1H3,(H,20,21);2*1-2H3;1-2H/b14-8-;;;. The zero-order chi connectivity index (χ0) is 22.2. The maximum absolute atomic E-state index is 12.5. The third kappa shape index (κ3) is 7.57. The predicted molar refractivity (Wildman–Crippen MR) is 123 cm³/mol. The number of amides is 1. The molecule has 2 aliphatic rings. The normalized spacial score (nSPS) is 17.3. The van der Waals surface area contributed by atoms with E-state index in [1.54, 1.807) is 7.05 Å². The molecule has 5 heteroatoms. The van der Waals surface area contributed by atoms with Gasteiger partial charge in [0.25, 0.3) is 0 Å². The second-order valence-corrected chi connectivity index (χ2v) is 5.67. The van der Waals surface area contributed by atoms with Crippen molar-refractivity contribution in [1.29, 1.82) is 0 Å². The summed E-state index contributed by atoms with van der Waals surface area (Å²) < 4.78 is 12.5. The molecule has 4 nitrogen and oxygen atoms in total. The Morgan fingerprint density at radius 2 is 1.79 bits per heavy atom. The summed E-state index contributed by atoms with van der Waals surface area (Å²) in [7, 11) is 1.69. The van der Waals surface area contributed by atoms with Gasteiger partial charge in [-0.05, 0) is 36.3 Å². The summed E-state index contributed by atoms with van der Waals surface area (Å²) in [4.78, 5) is 17.7. The largest absolute Gasteiger partial charge is 0.343 e. The van der Waals surface area contributed by atoms with E-state index in [9.17, 15) is 9.18 Å². The van der Waals surface area contributed by atoms with Crippen molar-refractivity contribution in [2.24, 2.45) is 4.99 Å². The number of nitrogens with zero attached hydrogens (tertiary/aromatic N) is 2. The van der Waals surface area contributed by atoms with E-state index in [0.29, 0.717) is 12.3 Å². The van der Waals surface area contributed by atoms with Crippen molar-refractivity contribution in [2.45, 2.75) is 47.0 Å². The molecule has 1 aromatic carbocycles. The molecule has 3 rings (SSSR count). The van der Waals surface area contributed by atoms with Crippen LogP contribution in [0.2, 0.25) is 0 Å². The Hall–Kier alpha value is -2.87. The van der Waals surface area contributed by atoms with Crippen molar-refractivity contribution in [2.75, 3.05) is 25.2 Å². The second-order valence-electron chi connectivity index (χ2n) is 5.67. The lowest BCUT2D eigenvalue weighted by atomic mass is 10.1. The number of rotatable bonds is 4. The Kier molecular flexibility index (Phi) is 13.6. The molecule has 29 heavy (non-hydrogen) atoms. The first-order valence-corrected chi connectivity index (χ1v) is 10.1. The molecule has 1 fully saturated rings. The fraction of sp³-hybridized carbons (Fsp3) is 0.417. The van der Waals surface area contributed by atoms with Gasteiger partial charge in [0.1, 0.15) is 12.5 Å². The summed E-state index contributed by atoms with van der Waals surface area (Å²) in [6, 6.07) is 8.04. The summed E-state index contributed by atoms with van der Waals surface area (Å²) in [5, 5.41) is 3.21. The topological polar surface area (TPSA) is 44.7 Å². The zero-order valence-electron chi connectivity index (χ0n) is 18.3. The van der Waals surface area contributed by atoms with Crippen LogP contribution in [0.25, 0.3) is 0 Å². The van der Waals surface area contributed by atoms with Crippen LogP contribution in [0.15, 0.2) is 52.7 Å². The minimum absolute atomic E-state index is 0.197. The lowest BCUT2D eigenvalue weighted by Gasteiger charge is -2.16. The molecule has 2 aliphatic heterocycles. The quantitative estimate of drug-likeness (QED) is 0.719. The first-order chi connectivity index (χ1) is 14.2. The first kappa shape index (κ1) is 26.1. The third-order valence-electron chi connectivity index (χ3n) is 4.12. The van der Waals surface area contributed by atoms with E-state index in [4.69, 9.17) is 0 Å². The number of halogens is 1. The number of benzene rings is 1. The molecule has 0 unspecified atom stereocenters. The molecule has 0 aliphatic carbocycles. The first-order valence-electron chi connectivity index (χ1n) is 10.1. The number of nitrogens with one attached hydrogen (secondary N) is 1. The Morgan fingerprint density at radius 3 is 2.28 bits per heavy atom. The van der Waals surface area contributed by atoms with Crippen LogP contribution in [-0.2, 0) is 11.2 Å². The second kappa shape index (κ2) is 15.1. The summed E-state index contributed by atoms with van der Waals surface area (Å²) in [6.45, 7) is 8.30. The number of hydrogen-bond donors (Lipinski definition) is 1. The van der Waals surface area contributed by atoms with Gasteiger partial charge in [-0.2, -0.15) is 0 Å². The number of aliphatic imine (C=N–C) groups is 1. The highest BCUT2D eigenvalue weighted by atomic mass is 19.1. The number of alkyl halides is 1. The highest BCUT2D eigenvalue weighted by Gasteiger charge is 2.21. The third-order valence-corrected chi connectivity index (χ3v) is 4.12. The number of carbonyl (C=O) groups excluding carboxylic acids is 1. The lowest BCUT2D eigenvalue weighted by Crippen LogP contribution is -2.23. The van der Waals surface area contributed by atoms with Gasteiger partial charge in [0.15, 0.2) is 0 Å². The molecular weight excluding hydrogens is 365 g/mol. The van der Waals surface area contributed by atoms with Gasteiger partial charge in [0.2, 0.25) is 5.91 Å². The number of hydrogen-bond acceptors (Lipinski definition) is 2. The molecule has 158 valence electrons. The minimum Gasteiger partial charge on any atom is -0.343 e. The van der Waals surface area contributed by atoms with E-state index in [1.807, 2.05) is 62.9 Å². The van der Waals surface area contributed by atoms with Gasteiger partial charge in [-0.1, -0.05) is 39.8 Å². The molecule has 0 saturated carbocycles. The number of allylic oxidation sites excluding steroid dienone is 2. The van der Waals surface area contributed by atoms with Gasteiger partial charge in [-0.25, -0.2) is 4.39 Å². The van der Waals surface area contributed by atoms with Gasteiger partial charge >= 0.3 is 0 Å². The highest BCUT2D eigenvalue weighted by Crippen LogP contribution is 2.23. The molecule has 1 amide bonds. The minimum atomic E-state index is -0.502. The monoisotopic (exact) mass is 399 g/mol. The lowest BCUT2D eigenvalue weighted by molar-refractivity contribution is -0.117. The molecular formula is C24H34FN3O. The van der Waals surface area contributed by atoms with Crippen LogP contribution < -0.4 is 10.2 Å². The highest BCUT2D eigenvalue weighted by molar-refractivity contribution is 6.04. The van der Waals surface area contributed by atoms with Crippen molar-refractivity contribution in [1.82, 2.24) is 5.32 Å². The van der Waals surface area contributed by atoms with Crippen LogP contribution in [-0.4, -0.2) is 32.0 Å². The van der Waals surface area contributed by atoms with Crippen molar-refractivity contribution in [3.8, 4) is 12.8 Å². The molecule has 0 bridgehead atoms. The summed E-state index contributed by atoms with van der Waals surface area (Å²) in [5.74, 6) is 0.902. The van der Waals surface area contributed by atoms with Gasteiger partial charge in [0, 0.05) is 43.4 Å². The Bertz CT molecular complexity index is 730. The number of amidine groups is 1. The number of terminal acetylenes is 1. The summed E-state index contributed by atoms with van der Waals surface area (Å²) in [6.07, 6.45) is 13.7. The SMILES string of the molecule is C#C.CC.CC.CN=C1NC(Cc2ccc(N3CCCC3=O)cc2)=C/C1=C/CF. The van der Waals surface area contributed by atoms with E-state index >= 15 is 0 Å². The molecule has 1 aromatic rings. The molecule has 0 aromatic heterocycles. The predicted octanol–water partition coefficient (Wildman–Crippen LogP) is 5.07. The average Bonchev–Trinajstić information content (AvgIpc) is 3.39. The smallest absolute Gasteiger partial charge is 0.227 e. The van der Waals surface area contributed by atoms with Gasteiger partial charge in [-0.15, -0.1) is 12.8 Å². The average molecular weight is 400 g/mol. The van der Waals surface area contributed by atoms with Gasteiger partial charge in [-0.3, -0.25) is 9.79 Å². The Morgan fingerprint density at radius 1 is 1.17 bits per heavy atom. The fourth-order valence-corrected chi connectivity index (χ4v) is 2.97. The van der Waals surface area contributed by atoms with Gasteiger partial charge in [0.05, 0.1) is 0 Å². The van der Waals surface area contributed by atoms with E-state index in [0.717, 1.165) is 41.9 Å². The maximum atomic E-state index is 12.5. The molecule has 0 radical (unpaired) electrons. The zero-order valence-corrected chi connectivity index (χ0v) is 18.3. The Balaban J connectivity index is 0.00000120. The van der Waals surface area contributed by atoms with Gasteiger partial charge < -0.3 is 10.2 Å². The van der Waals surface area contributed by atoms with Crippen LogP contribution in [0, 0.1) is 12.8 Å². The molecule has 1 saturated heterocycles. The maximum Gasteiger partial charge on any atom is 0.227 e. The van der Waals surface area contributed by atoms with E-state index in [1.165, 1.54) is 6.08 Å². The fourth-order valence-electron chi connectivity index (χ4n) is 2.97. The molecule has 0 atom stereocenters. The van der Waals surface area contributed by atoms with Crippen LogP contribution in [0.3, 0.4) is 0 Å². The van der Waals surface area contributed by atoms with Crippen molar-refractivity contribution >= 4 is 17.4 Å². The summed E-state index contributed by atoms with van der Waals surface area (Å²) in [5.41, 5.74) is 3.88. The van der Waals surface area contributed by atoms with Crippen LogP contribution >= 0.6 is 0 Å². The molecule has 0 spiro atoms. The van der Waals surface area contributed by atoms with Crippen molar-refractivity contribution in [3.63, 3.8) is 0 Å². The van der Waals surface area contributed by atoms with Crippen molar-refractivity contribution < 1.29 is 9.18 Å². The number of anilines is 1. The van der Waals surface area contributed by atoms with E-state index < -0.39 is 6.67 Å². The number of carbonyl (C=O) groups is 1. The van der Waals surface area contributed by atoms with E-state index in [-0.39, 0.29) is 5.91 Å². The Labute approximate surface area is 175 Å². The van der Waals surface area contributed by atoms with Crippen LogP contribution in [0.1, 0.15) is 46.1 Å². The van der Waals surface area contributed by atoms with Crippen molar-refractivity contribution in [3.05, 3.63) is 53.3 Å². The summed E-state index contributed by atoms with van der Waals surface area (Å²) >= 11 is 0. The van der Waals surface area contributed by atoms with Crippen LogP contribution in [0.4, 0.5) is 10.1 Å². The van der Waals surface area contributed by atoms with E-state index in [2.05, 4.69) is 23.2 Å². The molecule has 1 N–H and O–H groups in total.